The van der Waals surface area contributed by atoms with Crippen LogP contribution in [0.2, 0.25) is 0 Å². The second-order valence-corrected chi connectivity index (χ2v) is 6.67. The van der Waals surface area contributed by atoms with Crippen LogP contribution in [0.1, 0.15) is 24.3 Å². The number of carbonyl (C=O) groups excluding carboxylic acids is 2. The van der Waals surface area contributed by atoms with Gasteiger partial charge in [0.05, 0.1) is 21.7 Å². The molecule has 0 aliphatic carbocycles. The SMILES string of the molecule is CCOC(=O)Cn1c(=NC(=O)c2ccn(CC)n2)sc2cc([N+](=O)[O-])ccc21. The van der Waals surface area contributed by atoms with E-state index >= 15 is 0 Å². The van der Waals surface area contributed by atoms with Crippen molar-refractivity contribution in [3.63, 3.8) is 0 Å². The zero-order chi connectivity index (χ0) is 20.3. The fourth-order valence-electron chi connectivity index (χ4n) is 2.55. The number of benzene rings is 1. The molecular weight excluding hydrogens is 386 g/mol. The monoisotopic (exact) mass is 403 g/mol. The summed E-state index contributed by atoms with van der Waals surface area (Å²) in [4.78, 5) is 39.3. The maximum Gasteiger partial charge on any atom is 0.326 e. The van der Waals surface area contributed by atoms with E-state index < -0.39 is 16.8 Å². The molecule has 3 rings (SSSR count). The van der Waals surface area contributed by atoms with E-state index in [0.717, 1.165) is 11.3 Å². The Morgan fingerprint density at radius 2 is 2.11 bits per heavy atom. The third kappa shape index (κ3) is 3.98. The third-order valence-corrected chi connectivity index (χ3v) is 4.89. The molecule has 1 aromatic carbocycles. The number of rotatable bonds is 6. The lowest BCUT2D eigenvalue weighted by Gasteiger charge is -2.04. The number of fused-ring (bicyclic) bond motifs is 1. The lowest BCUT2D eigenvalue weighted by atomic mass is 10.3. The van der Waals surface area contributed by atoms with Crippen molar-refractivity contribution in [2.45, 2.75) is 26.9 Å². The third-order valence-electron chi connectivity index (χ3n) is 3.85. The number of thiazole rings is 1. The predicted molar refractivity (Wildman–Crippen MR) is 101 cm³/mol. The van der Waals surface area contributed by atoms with E-state index in [-0.39, 0.29) is 29.3 Å². The summed E-state index contributed by atoms with van der Waals surface area (Å²) in [6.45, 7) is 4.25. The summed E-state index contributed by atoms with van der Waals surface area (Å²) >= 11 is 1.08. The molecular formula is C17H17N5O5S. The normalized spacial score (nSPS) is 11.7. The smallest absolute Gasteiger partial charge is 0.326 e. The molecule has 0 saturated heterocycles. The number of aromatic nitrogens is 3. The van der Waals surface area contributed by atoms with Gasteiger partial charge >= 0.3 is 5.97 Å². The first-order chi connectivity index (χ1) is 13.4. The molecule has 0 atom stereocenters. The van der Waals surface area contributed by atoms with Crippen molar-refractivity contribution in [2.75, 3.05) is 6.61 Å². The first-order valence-corrected chi connectivity index (χ1v) is 9.30. The molecule has 0 fully saturated rings. The van der Waals surface area contributed by atoms with Crippen LogP contribution in [0.5, 0.6) is 0 Å². The first kappa shape index (κ1) is 19.4. The van der Waals surface area contributed by atoms with E-state index in [1.54, 1.807) is 23.9 Å². The predicted octanol–water partition coefficient (Wildman–Crippen LogP) is 2.13. The molecule has 10 nitrogen and oxygen atoms in total. The highest BCUT2D eigenvalue weighted by atomic mass is 32.1. The van der Waals surface area contributed by atoms with E-state index in [4.69, 9.17) is 4.74 Å². The first-order valence-electron chi connectivity index (χ1n) is 8.48. The van der Waals surface area contributed by atoms with Gasteiger partial charge in [-0.1, -0.05) is 11.3 Å². The Hall–Kier alpha value is -3.34. The summed E-state index contributed by atoms with van der Waals surface area (Å²) in [7, 11) is 0. The minimum Gasteiger partial charge on any atom is -0.465 e. The molecule has 0 aliphatic rings. The minimum absolute atomic E-state index is 0.0865. The van der Waals surface area contributed by atoms with E-state index in [9.17, 15) is 19.7 Å². The van der Waals surface area contributed by atoms with E-state index in [0.29, 0.717) is 16.8 Å². The Kier molecular flexibility index (Phi) is 5.64. The van der Waals surface area contributed by atoms with E-state index in [2.05, 4.69) is 10.1 Å². The molecule has 3 aromatic rings. The van der Waals surface area contributed by atoms with Crippen LogP contribution in [0.4, 0.5) is 5.69 Å². The molecule has 0 aliphatic heterocycles. The van der Waals surface area contributed by atoms with Crippen molar-refractivity contribution in [3.8, 4) is 0 Å². The molecule has 0 unspecified atom stereocenters. The Morgan fingerprint density at radius 3 is 2.75 bits per heavy atom. The Balaban J connectivity index is 2.11. The zero-order valence-corrected chi connectivity index (χ0v) is 16.0. The van der Waals surface area contributed by atoms with Crippen LogP contribution < -0.4 is 4.80 Å². The van der Waals surface area contributed by atoms with E-state index in [1.807, 2.05) is 6.92 Å². The second-order valence-electron chi connectivity index (χ2n) is 5.66. The van der Waals surface area contributed by atoms with Crippen molar-refractivity contribution in [1.29, 1.82) is 0 Å². The summed E-state index contributed by atoms with van der Waals surface area (Å²) in [6, 6.07) is 5.81. The number of nitro benzene ring substituents is 1. The maximum absolute atomic E-state index is 12.5. The van der Waals surface area contributed by atoms with Gasteiger partial charge in [0.15, 0.2) is 10.5 Å². The van der Waals surface area contributed by atoms with Crippen LogP contribution in [0, 0.1) is 10.1 Å². The number of non-ortho nitro benzene ring substituents is 1. The maximum atomic E-state index is 12.5. The number of aryl methyl sites for hydroxylation is 1. The van der Waals surface area contributed by atoms with Gasteiger partial charge in [-0.2, -0.15) is 10.1 Å². The van der Waals surface area contributed by atoms with Crippen LogP contribution in [0.15, 0.2) is 35.5 Å². The van der Waals surface area contributed by atoms with Gasteiger partial charge in [-0.25, -0.2) is 0 Å². The lowest BCUT2D eigenvalue weighted by Crippen LogP contribution is -2.23. The van der Waals surface area contributed by atoms with Gasteiger partial charge in [-0.05, 0) is 26.0 Å². The highest BCUT2D eigenvalue weighted by molar-refractivity contribution is 7.16. The van der Waals surface area contributed by atoms with Crippen LogP contribution in [-0.2, 0) is 22.6 Å². The van der Waals surface area contributed by atoms with Gasteiger partial charge in [-0.15, -0.1) is 0 Å². The largest absolute Gasteiger partial charge is 0.465 e. The number of nitrogens with zero attached hydrogens (tertiary/aromatic N) is 5. The highest BCUT2D eigenvalue weighted by Gasteiger charge is 2.16. The Bertz CT molecular complexity index is 1130. The van der Waals surface area contributed by atoms with Crippen LogP contribution in [-0.4, -0.2) is 37.8 Å². The Labute approximate surface area is 162 Å². The fourth-order valence-corrected chi connectivity index (χ4v) is 3.61. The van der Waals surface area contributed by atoms with Crippen molar-refractivity contribution >= 4 is 39.1 Å². The lowest BCUT2D eigenvalue weighted by molar-refractivity contribution is -0.384. The molecule has 0 spiro atoms. The van der Waals surface area contributed by atoms with Gasteiger partial charge in [-0.3, -0.25) is 24.4 Å². The summed E-state index contributed by atoms with van der Waals surface area (Å²) < 4.78 is 8.63. The topological polar surface area (TPSA) is 122 Å². The van der Waals surface area contributed by atoms with Gasteiger partial charge in [0, 0.05) is 24.9 Å². The Morgan fingerprint density at radius 1 is 1.32 bits per heavy atom. The van der Waals surface area contributed by atoms with Gasteiger partial charge in [0.25, 0.3) is 11.6 Å². The number of ether oxygens (including phenoxy) is 1. The molecule has 0 radical (unpaired) electrons. The van der Waals surface area contributed by atoms with Crippen molar-refractivity contribution in [3.05, 3.63) is 51.1 Å². The summed E-state index contributed by atoms with van der Waals surface area (Å²) in [5, 5.41) is 15.2. The quantitative estimate of drug-likeness (QED) is 0.353. The van der Waals surface area contributed by atoms with Crippen LogP contribution in [0.25, 0.3) is 10.2 Å². The molecule has 2 aromatic heterocycles. The van der Waals surface area contributed by atoms with Crippen molar-refractivity contribution in [1.82, 2.24) is 14.3 Å². The average molecular weight is 403 g/mol. The summed E-state index contributed by atoms with van der Waals surface area (Å²) in [6.07, 6.45) is 1.67. The van der Waals surface area contributed by atoms with E-state index in [1.165, 1.54) is 22.8 Å². The molecule has 146 valence electrons. The molecule has 0 saturated carbocycles. The molecule has 11 heteroatoms. The number of hydrogen-bond donors (Lipinski definition) is 0. The summed E-state index contributed by atoms with van der Waals surface area (Å²) in [5.41, 5.74) is 0.638. The average Bonchev–Trinajstić information content (AvgIpc) is 3.27. The van der Waals surface area contributed by atoms with Crippen molar-refractivity contribution in [2.24, 2.45) is 4.99 Å². The van der Waals surface area contributed by atoms with Gasteiger partial charge < -0.3 is 9.30 Å². The molecule has 2 heterocycles. The standard InChI is InChI=1S/C17H17N5O5S/c1-3-20-8-7-12(19-20)16(24)18-17-21(10-15(23)27-4-2)13-6-5-11(22(25)26)9-14(13)28-17/h5-9H,3-4,10H2,1-2H3. The minimum atomic E-state index is -0.564. The number of carbonyl (C=O) groups is 2. The molecule has 0 N–H and O–H groups in total. The van der Waals surface area contributed by atoms with Gasteiger partial charge in [0.1, 0.15) is 6.54 Å². The second kappa shape index (κ2) is 8.13. The zero-order valence-electron chi connectivity index (χ0n) is 15.2. The number of nitro groups is 1. The molecule has 0 bridgehead atoms. The van der Waals surface area contributed by atoms with Crippen LogP contribution in [0.3, 0.4) is 0 Å². The molecule has 1 amide bonds. The number of hydrogen-bond acceptors (Lipinski definition) is 7. The van der Waals surface area contributed by atoms with Crippen LogP contribution >= 0.6 is 11.3 Å². The number of amides is 1. The van der Waals surface area contributed by atoms with Gasteiger partial charge in [0.2, 0.25) is 0 Å². The highest BCUT2D eigenvalue weighted by Crippen LogP contribution is 2.23. The van der Waals surface area contributed by atoms with Crippen molar-refractivity contribution < 1.29 is 19.2 Å². The molecule has 28 heavy (non-hydrogen) atoms. The summed E-state index contributed by atoms with van der Waals surface area (Å²) in [5.74, 6) is -1.06. The fraction of sp³-hybridized carbons (Fsp3) is 0.294. The number of esters is 1.